The van der Waals surface area contributed by atoms with Gasteiger partial charge in [0.1, 0.15) is 11.5 Å². The largest absolute Gasteiger partial charge is 0.508 e. The van der Waals surface area contributed by atoms with E-state index in [1.54, 1.807) is 12.1 Å². The van der Waals surface area contributed by atoms with E-state index in [0.717, 1.165) is 11.1 Å². The summed E-state index contributed by atoms with van der Waals surface area (Å²) in [6.45, 7) is 2.03. The van der Waals surface area contributed by atoms with Crippen LogP contribution in [0.5, 0.6) is 11.5 Å². The van der Waals surface area contributed by atoms with Crippen molar-refractivity contribution < 1.29 is 10.2 Å². The van der Waals surface area contributed by atoms with Gasteiger partial charge >= 0.3 is 0 Å². The van der Waals surface area contributed by atoms with Gasteiger partial charge in [0.05, 0.1) is 0 Å². The standard InChI is InChI=1S/C14H14O2/c1-10(11-5-3-2-4-6-11)13-8-7-12(15)9-14(13)16/h2-10,15-16H,1H3. The summed E-state index contributed by atoms with van der Waals surface area (Å²) >= 11 is 0. The Labute approximate surface area is 94.8 Å². The van der Waals surface area contributed by atoms with Gasteiger partial charge in [-0.2, -0.15) is 0 Å². The minimum absolute atomic E-state index is 0.0847. The third kappa shape index (κ3) is 2.01. The highest BCUT2D eigenvalue weighted by atomic mass is 16.3. The highest BCUT2D eigenvalue weighted by molar-refractivity contribution is 5.44. The molecule has 0 fully saturated rings. The molecule has 0 aliphatic rings. The van der Waals surface area contributed by atoms with E-state index in [0.29, 0.717) is 0 Å². The fourth-order valence-corrected chi connectivity index (χ4v) is 1.82. The summed E-state index contributed by atoms with van der Waals surface area (Å²) in [6, 6.07) is 14.7. The van der Waals surface area contributed by atoms with Crippen LogP contribution < -0.4 is 0 Å². The normalized spacial score (nSPS) is 12.3. The predicted octanol–water partition coefficient (Wildman–Crippen LogP) is 3.25. The van der Waals surface area contributed by atoms with Crippen LogP contribution in [-0.4, -0.2) is 10.2 Å². The van der Waals surface area contributed by atoms with E-state index in [2.05, 4.69) is 0 Å². The number of hydrogen-bond acceptors (Lipinski definition) is 2. The van der Waals surface area contributed by atoms with E-state index in [1.165, 1.54) is 6.07 Å². The van der Waals surface area contributed by atoms with E-state index in [1.807, 2.05) is 37.3 Å². The minimum atomic E-state index is 0.0847. The van der Waals surface area contributed by atoms with Gasteiger partial charge in [-0.15, -0.1) is 0 Å². The van der Waals surface area contributed by atoms with Gasteiger partial charge in [-0.1, -0.05) is 43.3 Å². The van der Waals surface area contributed by atoms with Crippen LogP contribution in [0, 0.1) is 0 Å². The quantitative estimate of drug-likeness (QED) is 0.805. The first kappa shape index (κ1) is 10.6. The van der Waals surface area contributed by atoms with Crippen molar-refractivity contribution in [2.45, 2.75) is 12.8 Å². The van der Waals surface area contributed by atoms with Crippen LogP contribution in [-0.2, 0) is 0 Å². The van der Waals surface area contributed by atoms with E-state index >= 15 is 0 Å². The Hall–Kier alpha value is -1.96. The fraction of sp³-hybridized carbons (Fsp3) is 0.143. The summed E-state index contributed by atoms with van der Waals surface area (Å²) in [5.41, 5.74) is 1.97. The molecule has 2 aromatic rings. The van der Waals surface area contributed by atoms with Gasteiger partial charge in [-0.3, -0.25) is 0 Å². The molecule has 82 valence electrons. The molecule has 0 radical (unpaired) electrons. The third-order valence-corrected chi connectivity index (χ3v) is 2.78. The van der Waals surface area contributed by atoms with Crippen molar-refractivity contribution in [3.8, 4) is 11.5 Å². The molecule has 0 aliphatic carbocycles. The lowest BCUT2D eigenvalue weighted by Crippen LogP contribution is -1.95. The zero-order chi connectivity index (χ0) is 11.5. The Morgan fingerprint density at radius 1 is 0.938 bits per heavy atom. The molecule has 0 aromatic heterocycles. The third-order valence-electron chi connectivity index (χ3n) is 2.78. The average molecular weight is 214 g/mol. The molecule has 0 saturated heterocycles. The van der Waals surface area contributed by atoms with Crippen LogP contribution in [0.2, 0.25) is 0 Å². The number of phenols is 2. The van der Waals surface area contributed by atoms with E-state index in [9.17, 15) is 10.2 Å². The molecule has 0 spiro atoms. The van der Waals surface area contributed by atoms with E-state index < -0.39 is 0 Å². The summed E-state index contributed by atoms with van der Waals surface area (Å²) in [4.78, 5) is 0. The van der Waals surface area contributed by atoms with Crippen LogP contribution >= 0.6 is 0 Å². The van der Waals surface area contributed by atoms with Crippen LogP contribution in [0.1, 0.15) is 24.0 Å². The Morgan fingerprint density at radius 3 is 2.25 bits per heavy atom. The summed E-state index contributed by atoms with van der Waals surface area (Å²) in [5, 5.41) is 19.0. The number of rotatable bonds is 2. The lowest BCUT2D eigenvalue weighted by atomic mass is 9.92. The molecule has 0 amide bonds. The molecule has 2 nitrogen and oxygen atoms in total. The van der Waals surface area contributed by atoms with E-state index in [-0.39, 0.29) is 17.4 Å². The Bertz CT molecular complexity index is 477. The molecule has 0 aliphatic heterocycles. The van der Waals surface area contributed by atoms with Crippen molar-refractivity contribution in [1.29, 1.82) is 0 Å². The fourth-order valence-electron chi connectivity index (χ4n) is 1.82. The van der Waals surface area contributed by atoms with Gasteiger partial charge in [0.25, 0.3) is 0 Å². The maximum atomic E-state index is 9.76. The van der Waals surface area contributed by atoms with Crippen molar-refractivity contribution in [2.24, 2.45) is 0 Å². The summed E-state index contributed by atoms with van der Waals surface area (Å²) in [7, 11) is 0. The smallest absolute Gasteiger partial charge is 0.123 e. The molecule has 0 bridgehead atoms. The van der Waals surface area contributed by atoms with Gasteiger partial charge in [0, 0.05) is 17.5 Å². The molecule has 1 atom stereocenters. The number of phenolic OH excluding ortho intramolecular Hbond substituents is 2. The Kier molecular flexibility index (Phi) is 2.82. The molecule has 1 unspecified atom stereocenters. The molecule has 2 heteroatoms. The van der Waals surface area contributed by atoms with Crippen LogP contribution in [0.4, 0.5) is 0 Å². The van der Waals surface area contributed by atoms with Crippen LogP contribution in [0.25, 0.3) is 0 Å². The van der Waals surface area contributed by atoms with Gasteiger partial charge in [0.2, 0.25) is 0 Å². The van der Waals surface area contributed by atoms with Crippen molar-refractivity contribution in [3.05, 3.63) is 59.7 Å². The SMILES string of the molecule is CC(c1ccccc1)c1ccc(O)cc1O. The molecule has 2 rings (SSSR count). The maximum absolute atomic E-state index is 9.76. The van der Waals surface area contributed by atoms with Crippen molar-refractivity contribution in [1.82, 2.24) is 0 Å². The summed E-state index contributed by atoms with van der Waals surface area (Å²) < 4.78 is 0. The van der Waals surface area contributed by atoms with Gasteiger partial charge in [0.15, 0.2) is 0 Å². The molecular weight excluding hydrogens is 200 g/mol. The lowest BCUT2D eigenvalue weighted by Gasteiger charge is -2.14. The van der Waals surface area contributed by atoms with Gasteiger partial charge < -0.3 is 10.2 Å². The zero-order valence-corrected chi connectivity index (χ0v) is 9.09. The number of benzene rings is 2. The van der Waals surface area contributed by atoms with E-state index in [4.69, 9.17) is 0 Å². The second-order valence-corrected chi connectivity index (χ2v) is 3.88. The Morgan fingerprint density at radius 2 is 1.62 bits per heavy atom. The number of aromatic hydroxyl groups is 2. The highest BCUT2D eigenvalue weighted by Gasteiger charge is 2.12. The molecule has 16 heavy (non-hydrogen) atoms. The Balaban J connectivity index is 2.38. The molecule has 2 N–H and O–H groups in total. The monoisotopic (exact) mass is 214 g/mol. The minimum Gasteiger partial charge on any atom is -0.508 e. The van der Waals surface area contributed by atoms with Crippen molar-refractivity contribution in [2.75, 3.05) is 0 Å². The first-order chi connectivity index (χ1) is 7.68. The second-order valence-electron chi connectivity index (χ2n) is 3.88. The summed E-state index contributed by atoms with van der Waals surface area (Å²) in [6.07, 6.45) is 0. The van der Waals surface area contributed by atoms with Gasteiger partial charge in [-0.05, 0) is 11.6 Å². The first-order valence-electron chi connectivity index (χ1n) is 5.25. The highest BCUT2D eigenvalue weighted by Crippen LogP contribution is 2.32. The number of hydrogen-bond donors (Lipinski definition) is 2. The lowest BCUT2D eigenvalue weighted by molar-refractivity contribution is 0.444. The van der Waals surface area contributed by atoms with Crippen LogP contribution in [0.15, 0.2) is 48.5 Å². The van der Waals surface area contributed by atoms with Crippen LogP contribution in [0.3, 0.4) is 0 Å². The zero-order valence-electron chi connectivity index (χ0n) is 9.09. The predicted molar refractivity (Wildman–Crippen MR) is 63.7 cm³/mol. The van der Waals surface area contributed by atoms with Crippen molar-refractivity contribution in [3.63, 3.8) is 0 Å². The van der Waals surface area contributed by atoms with Crippen molar-refractivity contribution >= 4 is 0 Å². The summed E-state index contributed by atoms with van der Waals surface area (Å²) in [5.74, 6) is 0.333. The average Bonchev–Trinajstić information content (AvgIpc) is 2.29. The topological polar surface area (TPSA) is 40.5 Å². The maximum Gasteiger partial charge on any atom is 0.123 e. The molecule has 0 saturated carbocycles. The first-order valence-corrected chi connectivity index (χ1v) is 5.25. The second kappa shape index (κ2) is 4.27. The van der Waals surface area contributed by atoms with Gasteiger partial charge in [-0.25, -0.2) is 0 Å². The molecule has 0 heterocycles. The molecule has 2 aromatic carbocycles. The molecular formula is C14H14O2.